The van der Waals surface area contributed by atoms with E-state index < -0.39 is 53.4 Å². The van der Waals surface area contributed by atoms with E-state index in [9.17, 15) is 36.2 Å². The normalized spacial score (nSPS) is 21.5. The highest BCUT2D eigenvalue weighted by atomic mass is 19.4. The van der Waals surface area contributed by atoms with Crippen LogP contribution in [-0.4, -0.2) is 39.8 Å². The molecule has 2 N–H and O–H groups in total. The van der Waals surface area contributed by atoms with Gasteiger partial charge in [0, 0.05) is 18.6 Å². The summed E-state index contributed by atoms with van der Waals surface area (Å²) in [5, 5.41) is 14.4. The summed E-state index contributed by atoms with van der Waals surface area (Å²) in [6.45, 7) is 6.79. The first kappa shape index (κ1) is 30.7. The Bertz CT molecular complexity index is 1080. The van der Waals surface area contributed by atoms with Gasteiger partial charge in [-0.2, -0.15) is 26.3 Å². The van der Waals surface area contributed by atoms with Gasteiger partial charge in [-0.25, -0.2) is 4.79 Å². The first-order chi connectivity index (χ1) is 18.0. The van der Waals surface area contributed by atoms with Gasteiger partial charge in [-0.3, -0.25) is 4.90 Å². The zero-order valence-corrected chi connectivity index (χ0v) is 22.2. The molecule has 2 aromatic rings. The molecule has 3 rings (SSSR count). The molecule has 11 heteroatoms. The Kier molecular flexibility index (Phi) is 9.27. The molecule has 0 aliphatic carbocycles. The highest BCUT2D eigenvalue weighted by molar-refractivity contribution is 5.69. The molecule has 1 saturated heterocycles. The van der Waals surface area contributed by atoms with Gasteiger partial charge in [-0.1, -0.05) is 37.3 Å². The standard InChI is InChI=1S/C28H34F6N2O3/c1-5-22-14-21(35-16-17-11-19(27(29,30)31)13-20(12-17)28(32,33)34)15-23(24(37)18-9-7-6-8-10-18)36(22)25(38)39-26(2,3)4/h6-13,21-24,35,37H,5,14-16H2,1-4H3/t21?,22?,23?,24-/m1/s1. The van der Waals surface area contributed by atoms with Gasteiger partial charge in [0.15, 0.2) is 0 Å². The average Bonchev–Trinajstić information content (AvgIpc) is 2.84. The van der Waals surface area contributed by atoms with E-state index in [2.05, 4.69) is 5.32 Å². The van der Waals surface area contributed by atoms with Crippen molar-refractivity contribution in [2.45, 2.75) is 95.7 Å². The molecule has 39 heavy (non-hydrogen) atoms. The average molecular weight is 561 g/mol. The Balaban J connectivity index is 1.89. The van der Waals surface area contributed by atoms with E-state index in [1.54, 1.807) is 51.1 Å². The number of ether oxygens (including phenoxy) is 1. The molecule has 0 radical (unpaired) electrons. The number of carbonyl (C=O) groups is 1. The number of nitrogens with zero attached hydrogens (tertiary/aromatic N) is 1. The third kappa shape index (κ3) is 8.11. The number of piperidine rings is 1. The number of carbonyl (C=O) groups excluding carboxylic acids is 1. The predicted molar refractivity (Wildman–Crippen MR) is 134 cm³/mol. The summed E-state index contributed by atoms with van der Waals surface area (Å²) in [4.78, 5) is 14.8. The SMILES string of the molecule is CCC1CC(NCc2cc(C(F)(F)F)cc(C(F)(F)F)c2)CC([C@H](O)c2ccccc2)N1C(=O)OC(C)(C)C. The lowest BCUT2D eigenvalue weighted by atomic mass is 9.85. The Morgan fingerprint density at radius 2 is 1.56 bits per heavy atom. The van der Waals surface area contributed by atoms with Crippen LogP contribution in [0.4, 0.5) is 31.1 Å². The number of hydrogen-bond donors (Lipinski definition) is 2. The van der Waals surface area contributed by atoms with Crippen LogP contribution in [0.5, 0.6) is 0 Å². The van der Waals surface area contributed by atoms with E-state index in [0.29, 0.717) is 30.5 Å². The molecule has 1 aliphatic rings. The molecule has 1 amide bonds. The number of amides is 1. The van der Waals surface area contributed by atoms with Crippen molar-refractivity contribution in [1.82, 2.24) is 10.2 Å². The van der Waals surface area contributed by atoms with Crippen molar-refractivity contribution in [3.8, 4) is 0 Å². The molecule has 1 heterocycles. The molecule has 216 valence electrons. The monoisotopic (exact) mass is 560 g/mol. The minimum absolute atomic E-state index is 0.0994. The first-order valence-corrected chi connectivity index (χ1v) is 12.8. The number of nitrogens with one attached hydrogen (secondary N) is 1. The molecule has 4 atom stereocenters. The maximum absolute atomic E-state index is 13.3. The van der Waals surface area contributed by atoms with Crippen LogP contribution in [0.3, 0.4) is 0 Å². The molecule has 0 aromatic heterocycles. The lowest BCUT2D eigenvalue weighted by Gasteiger charge is -2.47. The molecule has 1 aliphatic heterocycles. The number of rotatable bonds is 6. The number of halogens is 6. The van der Waals surface area contributed by atoms with Gasteiger partial charge in [0.2, 0.25) is 0 Å². The summed E-state index contributed by atoms with van der Waals surface area (Å²) in [5.74, 6) is 0. The van der Waals surface area contributed by atoms with Gasteiger partial charge in [-0.15, -0.1) is 0 Å². The van der Waals surface area contributed by atoms with Crippen molar-refractivity contribution in [2.75, 3.05) is 0 Å². The van der Waals surface area contributed by atoms with E-state index in [1.807, 2.05) is 6.92 Å². The fourth-order valence-electron chi connectivity index (χ4n) is 4.88. The Morgan fingerprint density at radius 3 is 2.05 bits per heavy atom. The van der Waals surface area contributed by atoms with Gasteiger partial charge in [0.25, 0.3) is 0 Å². The first-order valence-electron chi connectivity index (χ1n) is 12.8. The van der Waals surface area contributed by atoms with E-state index in [-0.39, 0.29) is 30.6 Å². The second-order valence-electron chi connectivity index (χ2n) is 10.8. The second kappa shape index (κ2) is 11.8. The summed E-state index contributed by atoms with van der Waals surface area (Å²) >= 11 is 0. The van der Waals surface area contributed by atoms with Gasteiger partial charge in [0.1, 0.15) is 5.60 Å². The minimum atomic E-state index is -4.94. The van der Waals surface area contributed by atoms with Gasteiger partial charge < -0.3 is 15.2 Å². The smallest absolute Gasteiger partial charge is 0.416 e. The molecule has 5 nitrogen and oxygen atoms in total. The van der Waals surface area contributed by atoms with Crippen LogP contribution in [0.1, 0.15) is 75.3 Å². The summed E-state index contributed by atoms with van der Waals surface area (Å²) in [7, 11) is 0. The zero-order chi connectivity index (χ0) is 29.2. The van der Waals surface area contributed by atoms with Crippen LogP contribution in [0.15, 0.2) is 48.5 Å². The Labute approximate surface area is 224 Å². The minimum Gasteiger partial charge on any atom is -0.444 e. The molecule has 2 aromatic carbocycles. The maximum atomic E-state index is 13.3. The summed E-state index contributed by atoms with van der Waals surface area (Å²) in [6.07, 6.45) is -10.5. The highest BCUT2D eigenvalue weighted by Gasteiger charge is 2.43. The van der Waals surface area contributed by atoms with Gasteiger partial charge >= 0.3 is 18.4 Å². The second-order valence-corrected chi connectivity index (χ2v) is 10.8. The predicted octanol–water partition coefficient (Wildman–Crippen LogP) is 7.09. The van der Waals surface area contributed by atoms with Crippen LogP contribution < -0.4 is 5.32 Å². The number of aliphatic hydroxyl groups excluding tert-OH is 1. The van der Waals surface area contributed by atoms with Gasteiger partial charge in [-0.05, 0) is 69.4 Å². The van der Waals surface area contributed by atoms with Crippen molar-refractivity contribution >= 4 is 6.09 Å². The van der Waals surface area contributed by atoms with E-state index >= 15 is 0 Å². The Hall–Kier alpha value is -2.79. The highest BCUT2D eigenvalue weighted by Crippen LogP contribution is 2.37. The summed E-state index contributed by atoms with van der Waals surface area (Å²) in [6, 6.07) is 8.68. The topological polar surface area (TPSA) is 61.8 Å². The number of hydrogen-bond acceptors (Lipinski definition) is 4. The third-order valence-electron chi connectivity index (χ3n) is 6.66. The van der Waals surface area contributed by atoms with Crippen LogP contribution in [0.2, 0.25) is 0 Å². The van der Waals surface area contributed by atoms with Crippen LogP contribution in [0.25, 0.3) is 0 Å². The van der Waals surface area contributed by atoms with Crippen molar-refractivity contribution in [3.05, 3.63) is 70.8 Å². The van der Waals surface area contributed by atoms with Crippen molar-refractivity contribution in [1.29, 1.82) is 0 Å². The van der Waals surface area contributed by atoms with E-state index in [1.165, 1.54) is 4.90 Å². The number of likely N-dealkylation sites (tertiary alicyclic amines) is 1. The number of benzene rings is 2. The van der Waals surface area contributed by atoms with Crippen LogP contribution in [0, 0.1) is 0 Å². The van der Waals surface area contributed by atoms with Crippen molar-refractivity contribution < 1.29 is 41.0 Å². The van der Waals surface area contributed by atoms with Crippen LogP contribution in [-0.2, 0) is 23.6 Å². The van der Waals surface area contributed by atoms with Gasteiger partial charge in [0.05, 0.1) is 23.3 Å². The number of alkyl halides is 6. The molecule has 1 fully saturated rings. The van der Waals surface area contributed by atoms with Crippen LogP contribution >= 0.6 is 0 Å². The Morgan fingerprint density at radius 1 is 1.00 bits per heavy atom. The van der Waals surface area contributed by atoms with E-state index in [4.69, 9.17) is 4.74 Å². The molecule has 0 spiro atoms. The molecular formula is C28H34F6N2O3. The largest absolute Gasteiger partial charge is 0.444 e. The summed E-state index contributed by atoms with van der Waals surface area (Å²) < 4.78 is 85.4. The lowest BCUT2D eigenvalue weighted by Crippen LogP contribution is -2.58. The lowest BCUT2D eigenvalue weighted by molar-refractivity contribution is -0.143. The third-order valence-corrected chi connectivity index (χ3v) is 6.66. The van der Waals surface area contributed by atoms with Crippen molar-refractivity contribution in [3.63, 3.8) is 0 Å². The fourth-order valence-corrected chi connectivity index (χ4v) is 4.88. The molecule has 3 unspecified atom stereocenters. The maximum Gasteiger partial charge on any atom is 0.416 e. The number of aliphatic hydroxyl groups is 1. The van der Waals surface area contributed by atoms with Crippen molar-refractivity contribution in [2.24, 2.45) is 0 Å². The fraction of sp³-hybridized carbons (Fsp3) is 0.536. The summed E-state index contributed by atoms with van der Waals surface area (Å²) in [5.41, 5.74) is -3.14. The molecular weight excluding hydrogens is 526 g/mol. The zero-order valence-electron chi connectivity index (χ0n) is 22.2. The molecule has 0 bridgehead atoms. The molecule has 0 saturated carbocycles. The van der Waals surface area contributed by atoms with E-state index in [0.717, 1.165) is 0 Å². The quantitative estimate of drug-likeness (QED) is 0.370.